The number of nitrogens with zero attached hydrogens (tertiary/aromatic N) is 1. The number of carbonyl (C=O) groups is 1. The Labute approximate surface area is 123 Å². The fourth-order valence-electron chi connectivity index (χ4n) is 1.72. The highest BCUT2D eigenvalue weighted by Crippen LogP contribution is 2.13. The van der Waals surface area contributed by atoms with Crippen molar-refractivity contribution in [2.75, 3.05) is 11.9 Å². The van der Waals surface area contributed by atoms with Crippen molar-refractivity contribution >= 4 is 23.2 Å². The number of carbonyl (C=O) groups excluding carboxylic acids is 1. The second-order valence-electron chi connectivity index (χ2n) is 4.41. The number of halogens is 1. The van der Waals surface area contributed by atoms with Gasteiger partial charge in [-0.1, -0.05) is 17.7 Å². The van der Waals surface area contributed by atoms with Crippen LogP contribution in [0.3, 0.4) is 0 Å². The quantitative estimate of drug-likeness (QED) is 0.889. The Hall–Kier alpha value is -1.91. The molecule has 1 aromatic heterocycles. The Kier molecular flexibility index (Phi) is 5.09. The zero-order valence-corrected chi connectivity index (χ0v) is 11.9. The summed E-state index contributed by atoms with van der Waals surface area (Å²) in [7, 11) is 0. The third-order valence-electron chi connectivity index (χ3n) is 2.83. The molecule has 0 aliphatic rings. The van der Waals surface area contributed by atoms with Gasteiger partial charge in [0.15, 0.2) is 0 Å². The molecule has 2 rings (SSSR count). The molecule has 0 saturated carbocycles. The van der Waals surface area contributed by atoms with E-state index >= 15 is 0 Å². The number of benzene rings is 1. The average Bonchev–Trinajstić information content (AvgIpc) is 2.48. The van der Waals surface area contributed by atoms with Crippen molar-refractivity contribution in [3.63, 3.8) is 0 Å². The average molecular weight is 290 g/mol. The molecule has 4 nitrogen and oxygen atoms in total. The predicted molar refractivity (Wildman–Crippen MR) is 80.7 cm³/mol. The zero-order chi connectivity index (χ0) is 14.4. The van der Waals surface area contributed by atoms with E-state index in [1.54, 1.807) is 30.5 Å². The molecule has 2 N–H and O–H groups in total. The number of hydrogen-bond acceptors (Lipinski definition) is 3. The Morgan fingerprint density at radius 2 is 2.00 bits per heavy atom. The first-order valence-corrected chi connectivity index (χ1v) is 6.72. The van der Waals surface area contributed by atoms with Gasteiger partial charge in [-0.3, -0.25) is 9.78 Å². The third kappa shape index (κ3) is 4.33. The largest absolute Gasteiger partial charge is 0.325 e. The lowest BCUT2D eigenvalue weighted by molar-refractivity contribution is -0.115. The van der Waals surface area contributed by atoms with Gasteiger partial charge in [0.05, 0.1) is 12.2 Å². The fourth-order valence-corrected chi connectivity index (χ4v) is 1.85. The first-order valence-electron chi connectivity index (χ1n) is 6.35. The molecule has 0 unspecified atom stereocenters. The van der Waals surface area contributed by atoms with E-state index < -0.39 is 0 Å². The van der Waals surface area contributed by atoms with E-state index in [4.69, 9.17) is 11.6 Å². The second-order valence-corrected chi connectivity index (χ2v) is 4.85. The molecule has 20 heavy (non-hydrogen) atoms. The number of rotatable bonds is 5. The van der Waals surface area contributed by atoms with Crippen molar-refractivity contribution in [3.05, 3.63) is 59.4 Å². The van der Waals surface area contributed by atoms with E-state index in [2.05, 4.69) is 15.6 Å². The number of nitrogens with one attached hydrogen (secondary N) is 2. The van der Waals surface area contributed by atoms with Crippen LogP contribution >= 0.6 is 11.6 Å². The normalized spacial score (nSPS) is 11.9. The van der Waals surface area contributed by atoms with Gasteiger partial charge in [-0.05, 0) is 43.3 Å². The Morgan fingerprint density at radius 1 is 1.25 bits per heavy atom. The summed E-state index contributed by atoms with van der Waals surface area (Å²) in [4.78, 5) is 16.0. The fraction of sp³-hybridized carbons (Fsp3) is 0.200. The minimum Gasteiger partial charge on any atom is -0.325 e. The summed E-state index contributed by atoms with van der Waals surface area (Å²) in [5.41, 5.74) is 1.64. The molecule has 104 valence electrons. The molecule has 1 atom stereocenters. The molecule has 0 fully saturated rings. The van der Waals surface area contributed by atoms with Gasteiger partial charge in [-0.25, -0.2) is 0 Å². The summed E-state index contributed by atoms with van der Waals surface area (Å²) in [5, 5.41) is 6.57. The zero-order valence-electron chi connectivity index (χ0n) is 11.1. The number of aromatic nitrogens is 1. The van der Waals surface area contributed by atoms with Crippen LogP contribution in [0.5, 0.6) is 0 Å². The molecule has 0 bridgehead atoms. The van der Waals surface area contributed by atoms with Crippen molar-refractivity contribution in [2.45, 2.75) is 13.0 Å². The second kappa shape index (κ2) is 7.03. The summed E-state index contributed by atoms with van der Waals surface area (Å²) >= 11 is 5.79. The molecule has 2 aromatic rings. The lowest BCUT2D eigenvalue weighted by Crippen LogP contribution is -2.30. The number of hydrogen-bond donors (Lipinski definition) is 2. The molecular weight excluding hydrogens is 274 g/mol. The van der Waals surface area contributed by atoms with Crippen LogP contribution in [-0.2, 0) is 4.79 Å². The van der Waals surface area contributed by atoms with Gasteiger partial charge in [0.2, 0.25) is 5.91 Å². The highest BCUT2D eigenvalue weighted by molar-refractivity contribution is 6.30. The van der Waals surface area contributed by atoms with Crippen molar-refractivity contribution in [1.29, 1.82) is 0 Å². The Morgan fingerprint density at radius 3 is 2.65 bits per heavy atom. The van der Waals surface area contributed by atoms with Crippen molar-refractivity contribution < 1.29 is 4.79 Å². The third-order valence-corrected chi connectivity index (χ3v) is 3.08. The first kappa shape index (κ1) is 14.5. The van der Waals surface area contributed by atoms with Gasteiger partial charge >= 0.3 is 0 Å². The SMILES string of the molecule is C[C@@H](NCC(=O)Nc1ccc(Cl)cc1)c1ccccn1. The van der Waals surface area contributed by atoms with Crippen LogP contribution in [0.15, 0.2) is 48.7 Å². The maximum Gasteiger partial charge on any atom is 0.238 e. The minimum absolute atomic E-state index is 0.0205. The minimum atomic E-state index is -0.102. The highest BCUT2D eigenvalue weighted by atomic mass is 35.5. The predicted octanol–water partition coefficient (Wildman–Crippen LogP) is 3.02. The van der Waals surface area contributed by atoms with Crippen LogP contribution in [0.4, 0.5) is 5.69 Å². The monoisotopic (exact) mass is 289 g/mol. The van der Waals surface area contributed by atoms with E-state index in [1.807, 2.05) is 25.1 Å². The summed E-state index contributed by atoms with van der Waals surface area (Å²) in [5.74, 6) is -0.102. The summed E-state index contributed by atoms with van der Waals surface area (Å²) in [6.45, 7) is 2.19. The van der Waals surface area contributed by atoms with Gasteiger partial charge in [-0.2, -0.15) is 0 Å². The molecule has 0 spiro atoms. The lowest BCUT2D eigenvalue weighted by Gasteiger charge is -2.13. The van der Waals surface area contributed by atoms with Gasteiger partial charge in [-0.15, -0.1) is 0 Å². The summed E-state index contributed by atoms with van der Waals surface area (Å²) < 4.78 is 0. The smallest absolute Gasteiger partial charge is 0.238 e. The van der Waals surface area contributed by atoms with E-state index in [-0.39, 0.29) is 18.5 Å². The van der Waals surface area contributed by atoms with E-state index in [1.165, 1.54) is 0 Å². The highest BCUT2D eigenvalue weighted by Gasteiger charge is 2.08. The molecule has 5 heteroatoms. The van der Waals surface area contributed by atoms with E-state index in [9.17, 15) is 4.79 Å². The maximum absolute atomic E-state index is 11.8. The van der Waals surface area contributed by atoms with Gasteiger partial charge < -0.3 is 10.6 Å². The number of amides is 1. The molecule has 1 heterocycles. The lowest BCUT2D eigenvalue weighted by atomic mass is 10.2. The number of anilines is 1. The van der Waals surface area contributed by atoms with E-state index in [0.717, 1.165) is 11.4 Å². The van der Waals surface area contributed by atoms with Gasteiger partial charge in [0, 0.05) is 22.9 Å². The first-order chi connectivity index (χ1) is 9.65. The van der Waals surface area contributed by atoms with Crippen molar-refractivity contribution in [2.24, 2.45) is 0 Å². The van der Waals surface area contributed by atoms with Gasteiger partial charge in [0.1, 0.15) is 0 Å². The van der Waals surface area contributed by atoms with Crippen LogP contribution in [0.2, 0.25) is 5.02 Å². The summed E-state index contributed by atoms with van der Waals surface area (Å²) in [6, 6.07) is 12.7. The van der Waals surface area contributed by atoms with Crippen LogP contribution in [0, 0.1) is 0 Å². The van der Waals surface area contributed by atoms with Crippen LogP contribution in [-0.4, -0.2) is 17.4 Å². The Balaban J connectivity index is 1.82. The van der Waals surface area contributed by atoms with Crippen molar-refractivity contribution in [1.82, 2.24) is 10.3 Å². The topological polar surface area (TPSA) is 54.0 Å². The molecule has 0 aliphatic carbocycles. The van der Waals surface area contributed by atoms with E-state index in [0.29, 0.717) is 5.02 Å². The van der Waals surface area contributed by atoms with Crippen molar-refractivity contribution in [3.8, 4) is 0 Å². The van der Waals surface area contributed by atoms with Crippen LogP contribution in [0.1, 0.15) is 18.7 Å². The molecule has 0 radical (unpaired) electrons. The maximum atomic E-state index is 11.8. The van der Waals surface area contributed by atoms with Crippen LogP contribution in [0.25, 0.3) is 0 Å². The van der Waals surface area contributed by atoms with Crippen LogP contribution < -0.4 is 10.6 Å². The Bertz CT molecular complexity index is 557. The molecule has 1 aromatic carbocycles. The number of pyridine rings is 1. The molecular formula is C15H16ClN3O. The molecule has 0 saturated heterocycles. The standard InChI is InChI=1S/C15H16ClN3O/c1-11(14-4-2-3-9-17-14)18-10-15(20)19-13-7-5-12(16)6-8-13/h2-9,11,18H,10H2,1H3,(H,19,20)/t11-/m1/s1. The molecule has 0 aliphatic heterocycles. The molecule has 1 amide bonds. The van der Waals surface area contributed by atoms with Gasteiger partial charge in [0.25, 0.3) is 0 Å². The summed E-state index contributed by atoms with van der Waals surface area (Å²) in [6.07, 6.45) is 1.74.